The highest BCUT2D eigenvalue weighted by Crippen LogP contribution is 2.14. The van der Waals surface area contributed by atoms with Crippen molar-refractivity contribution in [3.8, 4) is 0 Å². The van der Waals surface area contributed by atoms with E-state index in [1.54, 1.807) is 20.8 Å². The third-order valence-electron chi connectivity index (χ3n) is 1.52. The van der Waals surface area contributed by atoms with E-state index in [-0.39, 0.29) is 0 Å². The lowest BCUT2D eigenvalue weighted by Crippen LogP contribution is -2.56. The minimum Gasteiger partial charge on any atom is -0.530 e. The van der Waals surface area contributed by atoms with Crippen molar-refractivity contribution in [1.82, 2.24) is 4.90 Å². The van der Waals surface area contributed by atoms with Crippen LogP contribution in [0.2, 0.25) is 0 Å². The van der Waals surface area contributed by atoms with Crippen LogP contribution in [0.4, 0.5) is 4.79 Å². The highest BCUT2D eigenvalue weighted by molar-refractivity contribution is 5.70. The lowest BCUT2D eigenvalue weighted by molar-refractivity contribution is -0.272. The minimum absolute atomic E-state index is 0.584. The molecule has 4 heteroatoms. The molecule has 0 aromatic heterocycles. The van der Waals surface area contributed by atoms with Gasteiger partial charge in [-0.1, -0.05) is 0 Å². The quantitative estimate of drug-likeness (QED) is 0.551. The van der Waals surface area contributed by atoms with E-state index in [2.05, 4.69) is 0 Å². The molecule has 1 amide bonds. The van der Waals surface area contributed by atoms with Gasteiger partial charge in [-0.15, -0.1) is 0 Å². The number of rotatable bonds is 2. The number of aldehydes is 1. The first-order valence-electron chi connectivity index (χ1n) is 3.76. The molecule has 0 rings (SSSR count). The zero-order valence-electron chi connectivity index (χ0n) is 7.83. The smallest absolute Gasteiger partial charge is 0.142 e. The Morgan fingerprint density at radius 3 is 2.00 bits per heavy atom. The number of amides is 1. The lowest BCUT2D eigenvalue weighted by Gasteiger charge is -2.40. The normalized spacial score (nSPS) is 13.7. The van der Waals surface area contributed by atoms with Crippen LogP contribution in [-0.2, 0) is 4.79 Å². The van der Waals surface area contributed by atoms with Crippen LogP contribution in [0.15, 0.2) is 0 Å². The summed E-state index contributed by atoms with van der Waals surface area (Å²) in [6.45, 7) is 6.66. The zero-order chi connectivity index (χ0) is 9.94. The first-order valence-corrected chi connectivity index (χ1v) is 3.76. The molecule has 4 nitrogen and oxygen atoms in total. The second-order valence-corrected chi connectivity index (χ2v) is 3.68. The summed E-state index contributed by atoms with van der Waals surface area (Å²) in [7, 11) is 0. The van der Waals surface area contributed by atoms with E-state index < -0.39 is 17.7 Å². The van der Waals surface area contributed by atoms with Gasteiger partial charge in [0.25, 0.3) is 0 Å². The van der Waals surface area contributed by atoms with Crippen LogP contribution in [0.5, 0.6) is 0 Å². The minimum atomic E-state index is -1.32. The number of carbonyl (C=O) groups excluding carboxylic acids is 2. The molecule has 0 bridgehead atoms. The Balaban J connectivity index is 4.67. The van der Waals surface area contributed by atoms with Gasteiger partial charge in [-0.3, -0.25) is 0 Å². The van der Waals surface area contributed by atoms with Crippen molar-refractivity contribution in [2.45, 2.75) is 39.3 Å². The van der Waals surface area contributed by atoms with Gasteiger partial charge in [0.2, 0.25) is 0 Å². The van der Waals surface area contributed by atoms with Crippen molar-refractivity contribution >= 4 is 12.4 Å². The Kier molecular flexibility index (Phi) is 3.24. The lowest BCUT2D eigenvalue weighted by atomic mass is 10.0. The van der Waals surface area contributed by atoms with E-state index in [0.29, 0.717) is 6.29 Å². The van der Waals surface area contributed by atoms with Gasteiger partial charge in [0.15, 0.2) is 0 Å². The van der Waals surface area contributed by atoms with Crippen LogP contribution in [0.25, 0.3) is 0 Å². The summed E-state index contributed by atoms with van der Waals surface area (Å²) in [5.74, 6) is 0. The van der Waals surface area contributed by atoms with Gasteiger partial charge in [-0.25, -0.2) is 0 Å². The van der Waals surface area contributed by atoms with Crippen LogP contribution < -0.4 is 5.11 Å². The Bertz CT molecular complexity index is 183. The van der Waals surface area contributed by atoms with E-state index in [0.717, 1.165) is 4.90 Å². The molecule has 0 aromatic rings. The summed E-state index contributed by atoms with van der Waals surface area (Å²) in [6.07, 6.45) is -0.733. The highest BCUT2D eigenvalue weighted by atomic mass is 16.4. The van der Waals surface area contributed by atoms with Crippen molar-refractivity contribution in [3.05, 3.63) is 0 Å². The molecule has 12 heavy (non-hydrogen) atoms. The Morgan fingerprint density at radius 1 is 1.50 bits per heavy atom. The molecule has 0 radical (unpaired) electrons. The van der Waals surface area contributed by atoms with Crippen molar-refractivity contribution < 1.29 is 14.7 Å². The van der Waals surface area contributed by atoms with E-state index >= 15 is 0 Å². The van der Waals surface area contributed by atoms with Crippen molar-refractivity contribution in [3.63, 3.8) is 0 Å². The molecule has 0 spiro atoms. The first kappa shape index (κ1) is 10.9. The third-order valence-corrected chi connectivity index (χ3v) is 1.52. The van der Waals surface area contributed by atoms with Crippen molar-refractivity contribution in [2.75, 3.05) is 0 Å². The average Bonchev–Trinajstić information content (AvgIpc) is 1.83. The SMILES string of the molecule is C[C@@H](C=O)N(C(=O)[O-])C(C)(C)C. The van der Waals surface area contributed by atoms with Gasteiger partial charge in [-0.05, 0) is 27.7 Å². The standard InChI is InChI=1S/C8H15NO3/c1-6(5-10)9(7(11)12)8(2,3)4/h5-6H,1-4H3,(H,11,12)/p-1/t6-/m0/s1. The summed E-state index contributed by atoms with van der Waals surface area (Å²) in [5, 5.41) is 10.6. The van der Waals surface area contributed by atoms with Crippen LogP contribution in [0, 0.1) is 0 Å². The molecule has 0 N–H and O–H groups in total. The number of hydrogen-bond donors (Lipinski definition) is 0. The largest absolute Gasteiger partial charge is 0.530 e. The molecule has 0 unspecified atom stereocenters. The fourth-order valence-corrected chi connectivity index (χ4v) is 1.11. The van der Waals surface area contributed by atoms with Gasteiger partial charge >= 0.3 is 0 Å². The third kappa shape index (κ3) is 2.53. The summed E-state index contributed by atoms with van der Waals surface area (Å²) in [4.78, 5) is 22.0. The predicted octanol–water partition coefficient (Wildman–Crippen LogP) is 0.0176. The topological polar surface area (TPSA) is 60.4 Å². The summed E-state index contributed by atoms with van der Waals surface area (Å²) in [5.41, 5.74) is -0.598. The molecule has 0 aliphatic heterocycles. The number of hydrogen-bond acceptors (Lipinski definition) is 3. The number of carboxylic acid groups (broad SMARTS) is 1. The first-order chi connectivity index (χ1) is 5.30. The van der Waals surface area contributed by atoms with Gasteiger partial charge in [0, 0.05) is 5.54 Å². The molecular weight excluding hydrogens is 158 g/mol. The molecule has 0 saturated heterocycles. The number of carbonyl (C=O) groups is 2. The summed E-state index contributed by atoms with van der Waals surface area (Å²) in [6, 6.07) is -0.657. The fraction of sp³-hybridized carbons (Fsp3) is 0.750. The zero-order valence-corrected chi connectivity index (χ0v) is 7.83. The van der Waals surface area contributed by atoms with Crippen molar-refractivity contribution in [2.24, 2.45) is 0 Å². The van der Waals surface area contributed by atoms with Crippen molar-refractivity contribution in [1.29, 1.82) is 0 Å². The van der Waals surface area contributed by atoms with Gasteiger partial charge in [0.1, 0.15) is 12.4 Å². The second-order valence-electron chi connectivity index (χ2n) is 3.68. The molecule has 0 aliphatic rings. The van der Waals surface area contributed by atoms with Gasteiger partial charge < -0.3 is 19.6 Å². The van der Waals surface area contributed by atoms with Crippen LogP contribution in [-0.4, -0.2) is 28.9 Å². The fourth-order valence-electron chi connectivity index (χ4n) is 1.11. The molecule has 1 atom stereocenters. The summed E-state index contributed by atoms with van der Waals surface area (Å²) < 4.78 is 0. The van der Waals surface area contributed by atoms with E-state index in [4.69, 9.17) is 0 Å². The summed E-state index contributed by atoms with van der Waals surface area (Å²) >= 11 is 0. The molecule has 70 valence electrons. The van der Waals surface area contributed by atoms with E-state index in [1.165, 1.54) is 6.92 Å². The Hall–Kier alpha value is -1.06. The maximum Gasteiger partial charge on any atom is 0.142 e. The van der Waals surface area contributed by atoms with Gasteiger partial charge in [-0.2, -0.15) is 0 Å². The second kappa shape index (κ2) is 3.56. The molecule has 0 aromatic carbocycles. The van der Waals surface area contributed by atoms with Gasteiger partial charge in [0.05, 0.1) is 6.04 Å². The van der Waals surface area contributed by atoms with Crippen LogP contribution in [0.3, 0.4) is 0 Å². The predicted molar refractivity (Wildman–Crippen MR) is 42.5 cm³/mol. The molecular formula is C8H14NO3-. The molecule has 0 fully saturated rings. The maximum atomic E-state index is 10.6. The van der Waals surface area contributed by atoms with E-state index in [1.807, 2.05) is 0 Å². The van der Waals surface area contributed by atoms with E-state index in [9.17, 15) is 14.7 Å². The van der Waals surface area contributed by atoms with Crippen LogP contribution >= 0.6 is 0 Å². The Morgan fingerprint density at radius 2 is 1.92 bits per heavy atom. The maximum absolute atomic E-state index is 10.6. The average molecular weight is 172 g/mol. The molecule has 0 aliphatic carbocycles. The molecule has 0 saturated carbocycles. The highest BCUT2D eigenvalue weighted by Gasteiger charge is 2.25. The molecule has 0 heterocycles. The monoisotopic (exact) mass is 172 g/mol. The number of nitrogens with zero attached hydrogens (tertiary/aromatic N) is 1. The Labute approximate surface area is 72.2 Å². The van der Waals surface area contributed by atoms with Crippen LogP contribution in [0.1, 0.15) is 27.7 Å².